The summed E-state index contributed by atoms with van der Waals surface area (Å²) < 4.78 is 29.1. The number of nitrogens with zero attached hydrogens (tertiary/aromatic N) is 2. The molecule has 8 heteroatoms. The van der Waals surface area contributed by atoms with Crippen molar-refractivity contribution in [2.75, 3.05) is 0 Å². The lowest BCUT2D eigenvalue weighted by Crippen LogP contribution is -2.32. The molecule has 0 aliphatic heterocycles. The van der Waals surface area contributed by atoms with Gasteiger partial charge in [0, 0.05) is 18.7 Å². The van der Waals surface area contributed by atoms with E-state index in [-0.39, 0.29) is 23.4 Å². The van der Waals surface area contributed by atoms with Gasteiger partial charge in [0.15, 0.2) is 0 Å². The highest BCUT2D eigenvalue weighted by Gasteiger charge is 2.17. The average molecular weight is 401 g/mol. The summed E-state index contributed by atoms with van der Waals surface area (Å²) in [7, 11) is -1.68. The minimum absolute atomic E-state index is 0.139. The van der Waals surface area contributed by atoms with E-state index in [0.717, 1.165) is 16.9 Å². The zero-order valence-corrected chi connectivity index (χ0v) is 17.0. The molecule has 0 aliphatic rings. The third-order valence-corrected chi connectivity index (χ3v) is 6.29. The van der Waals surface area contributed by atoms with Gasteiger partial charge in [-0.25, -0.2) is 18.1 Å². The van der Waals surface area contributed by atoms with Crippen LogP contribution in [0.25, 0.3) is 11.0 Å². The Morgan fingerprint density at radius 3 is 2.46 bits per heavy atom. The number of para-hydroxylation sites is 2. The molecule has 0 radical (unpaired) electrons. The van der Waals surface area contributed by atoms with E-state index in [1.165, 1.54) is 24.3 Å². The van der Waals surface area contributed by atoms with E-state index in [4.69, 9.17) is 0 Å². The third-order valence-electron chi connectivity index (χ3n) is 4.68. The first kappa shape index (κ1) is 20.0. The molecule has 7 nitrogen and oxygen atoms in total. The minimum Gasteiger partial charge on any atom is -0.345 e. The monoisotopic (exact) mass is 400 g/mol. The highest BCUT2D eigenvalue weighted by atomic mass is 32.2. The molecule has 0 saturated heterocycles. The Morgan fingerprint density at radius 2 is 1.82 bits per heavy atom. The number of aryl methyl sites for hydroxylation is 1. The van der Waals surface area contributed by atoms with E-state index in [1.807, 2.05) is 42.8 Å². The largest absolute Gasteiger partial charge is 0.345 e. The summed E-state index contributed by atoms with van der Waals surface area (Å²) in [6, 6.07) is 13.5. The zero-order valence-electron chi connectivity index (χ0n) is 16.1. The summed E-state index contributed by atoms with van der Waals surface area (Å²) in [5.74, 6) is 0.456. The average Bonchev–Trinajstić information content (AvgIpc) is 3.02. The van der Waals surface area contributed by atoms with Crippen LogP contribution in [0.5, 0.6) is 0 Å². The SMILES string of the molecule is CCC(C)NS(=O)(=O)c1ccc(C(=O)NCc2nc3ccccc3n2C)cc1. The second-order valence-corrected chi connectivity index (χ2v) is 8.43. The van der Waals surface area contributed by atoms with Gasteiger partial charge in [0.1, 0.15) is 5.82 Å². The van der Waals surface area contributed by atoms with Crippen LogP contribution < -0.4 is 10.0 Å². The van der Waals surface area contributed by atoms with Crippen molar-refractivity contribution in [3.63, 3.8) is 0 Å². The van der Waals surface area contributed by atoms with Gasteiger partial charge in [-0.1, -0.05) is 19.1 Å². The first-order valence-corrected chi connectivity index (χ1v) is 10.6. The molecule has 0 saturated carbocycles. The molecule has 0 bridgehead atoms. The predicted molar refractivity (Wildman–Crippen MR) is 108 cm³/mol. The van der Waals surface area contributed by atoms with Crippen molar-refractivity contribution in [2.45, 2.75) is 37.8 Å². The smallest absolute Gasteiger partial charge is 0.251 e. The lowest BCUT2D eigenvalue weighted by molar-refractivity contribution is 0.0949. The van der Waals surface area contributed by atoms with Crippen molar-refractivity contribution in [3.8, 4) is 0 Å². The van der Waals surface area contributed by atoms with Crippen LogP contribution in [0.1, 0.15) is 36.5 Å². The van der Waals surface area contributed by atoms with Crippen LogP contribution >= 0.6 is 0 Å². The first-order chi connectivity index (χ1) is 13.3. The highest BCUT2D eigenvalue weighted by molar-refractivity contribution is 7.89. The number of amides is 1. The van der Waals surface area contributed by atoms with Gasteiger partial charge < -0.3 is 9.88 Å². The maximum Gasteiger partial charge on any atom is 0.251 e. The Hall–Kier alpha value is -2.71. The molecule has 0 fully saturated rings. The third kappa shape index (κ3) is 4.23. The molecule has 1 atom stereocenters. The van der Waals surface area contributed by atoms with Crippen molar-refractivity contribution in [1.82, 2.24) is 19.6 Å². The molecule has 1 unspecified atom stereocenters. The van der Waals surface area contributed by atoms with Gasteiger partial charge in [0.25, 0.3) is 5.91 Å². The molecule has 28 heavy (non-hydrogen) atoms. The van der Waals surface area contributed by atoms with Crippen LogP contribution in [0, 0.1) is 0 Å². The van der Waals surface area contributed by atoms with Gasteiger partial charge in [-0.3, -0.25) is 4.79 Å². The van der Waals surface area contributed by atoms with Crippen LogP contribution in [-0.4, -0.2) is 29.9 Å². The van der Waals surface area contributed by atoms with Crippen LogP contribution in [0.3, 0.4) is 0 Å². The molecular formula is C20H24N4O3S. The number of benzene rings is 2. The fourth-order valence-electron chi connectivity index (χ4n) is 2.82. The van der Waals surface area contributed by atoms with Crippen molar-refractivity contribution in [2.24, 2.45) is 7.05 Å². The molecule has 3 rings (SSSR count). The van der Waals surface area contributed by atoms with Crippen molar-refractivity contribution in [1.29, 1.82) is 0 Å². The molecule has 0 spiro atoms. The van der Waals surface area contributed by atoms with Crippen LogP contribution in [0.4, 0.5) is 0 Å². The number of carbonyl (C=O) groups excluding carboxylic acids is 1. The van der Waals surface area contributed by atoms with Crippen molar-refractivity contribution in [3.05, 3.63) is 59.9 Å². The summed E-state index contributed by atoms with van der Waals surface area (Å²) in [6.07, 6.45) is 0.696. The Labute approximate surface area is 164 Å². The summed E-state index contributed by atoms with van der Waals surface area (Å²) in [4.78, 5) is 17.1. The number of rotatable bonds is 7. The lowest BCUT2D eigenvalue weighted by atomic mass is 10.2. The van der Waals surface area contributed by atoms with Gasteiger partial charge >= 0.3 is 0 Å². The van der Waals surface area contributed by atoms with Gasteiger partial charge in [-0.15, -0.1) is 0 Å². The molecular weight excluding hydrogens is 376 g/mol. The van der Waals surface area contributed by atoms with E-state index >= 15 is 0 Å². The van der Waals surface area contributed by atoms with E-state index in [2.05, 4.69) is 15.0 Å². The van der Waals surface area contributed by atoms with Crippen molar-refractivity contribution >= 4 is 27.0 Å². The van der Waals surface area contributed by atoms with Gasteiger partial charge in [0.05, 0.1) is 22.5 Å². The van der Waals surface area contributed by atoms with Gasteiger partial charge in [-0.05, 0) is 49.7 Å². The minimum atomic E-state index is -3.58. The predicted octanol–water partition coefficient (Wildman–Crippen LogP) is 2.58. The number of hydrogen-bond donors (Lipinski definition) is 2. The summed E-state index contributed by atoms with van der Waals surface area (Å²) in [5.41, 5.74) is 2.26. The quantitative estimate of drug-likeness (QED) is 0.637. The van der Waals surface area contributed by atoms with Gasteiger partial charge in [-0.2, -0.15) is 0 Å². The molecule has 0 aliphatic carbocycles. The lowest BCUT2D eigenvalue weighted by Gasteiger charge is -2.12. The Kier molecular flexibility index (Phi) is 5.81. The summed E-state index contributed by atoms with van der Waals surface area (Å²) in [6.45, 7) is 3.99. The zero-order chi connectivity index (χ0) is 20.3. The molecule has 2 aromatic carbocycles. The second-order valence-electron chi connectivity index (χ2n) is 6.71. The second kappa shape index (κ2) is 8.12. The Morgan fingerprint density at radius 1 is 1.14 bits per heavy atom. The fraction of sp³-hybridized carbons (Fsp3) is 0.300. The number of aromatic nitrogens is 2. The normalized spacial score (nSPS) is 12.8. The molecule has 1 amide bonds. The van der Waals surface area contributed by atoms with E-state index < -0.39 is 10.0 Å². The molecule has 1 aromatic heterocycles. The number of imidazole rings is 1. The van der Waals surface area contributed by atoms with Crippen LogP contribution in [-0.2, 0) is 23.6 Å². The molecule has 1 heterocycles. The van der Waals surface area contributed by atoms with Crippen molar-refractivity contribution < 1.29 is 13.2 Å². The number of hydrogen-bond acceptors (Lipinski definition) is 4. The maximum atomic E-state index is 12.4. The Balaban J connectivity index is 1.68. The maximum absolute atomic E-state index is 12.4. The standard InChI is InChI=1S/C20H24N4O3S/c1-4-14(2)23-28(26,27)16-11-9-15(10-12-16)20(25)21-13-19-22-17-7-5-6-8-18(17)24(19)3/h5-12,14,23H,4,13H2,1-3H3,(H,21,25). The highest BCUT2D eigenvalue weighted by Crippen LogP contribution is 2.15. The van der Waals surface area contributed by atoms with E-state index in [1.54, 1.807) is 6.92 Å². The summed E-state index contributed by atoms with van der Waals surface area (Å²) in [5, 5.41) is 2.83. The summed E-state index contributed by atoms with van der Waals surface area (Å²) >= 11 is 0. The van der Waals surface area contributed by atoms with Crippen LogP contribution in [0.15, 0.2) is 53.4 Å². The molecule has 3 aromatic rings. The fourth-order valence-corrected chi connectivity index (χ4v) is 4.14. The van der Waals surface area contributed by atoms with Gasteiger partial charge in [0.2, 0.25) is 10.0 Å². The number of nitrogens with one attached hydrogen (secondary N) is 2. The number of fused-ring (bicyclic) bond motifs is 1. The topological polar surface area (TPSA) is 93.1 Å². The van der Waals surface area contributed by atoms with E-state index in [0.29, 0.717) is 12.0 Å². The molecule has 2 N–H and O–H groups in total. The first-order valence-electron chi connectivity index (χ1n) is 9.12. The van der Waals surface area contributed by atoms with E-state index in [9.17, 15) is 13.2 Å². The van der Waals surface area contributed by atoms with Crippen LogP contribution in [0.2, 0.25) is 0 Å². The molecule has 148 valence electrons. The number of sulfonamides is 1. The number of carbonyl (C=O) groups is 1. The Bertz CT molecular complexity index is 1090.